The molecule has 1 aromatic rings. The molecule has 0 spiro atoms. The van der Waals surface area contributed by atoms with E-state index in [4.69, 9.17) is 4.74 Å². The van der Waals surface area contributed by atoms with Crippen molar-refractivity contribution in [3.05, 3.63) is 23.8 Å². The Bertz CT molecular complexity index is 565. The highest BCUT2D eigenvalue weighted by molar-refractivity contribution is 7.93. The number of sulfonamides is 1. The zero-order chi connectivity index (χ0) is 15.3. The summed E-state index contributed by atoms with van der Waals surface area (Å²) in [5.74, 6) is 0.584. The predicted octanol–water partition coefficient (Wildman–Crippen LogP) is 2.65. The normalized spacial score (nSPS) is 16.7. The molecular weight excluding hydrogens is 290 g/mol. The van der Waals surface area contributed by atoms with Crippen LogP contribution in [0.2, 0.25) is 0 Å². The van der Waals surface area contributed by atoms with Crippen LogP contribution < -0.4 is 9.46 Å². The van der Waals surface area contributed by atoms with Gasteiger partial charge < -0.3 is 9.84 Å². The fourth-order valence-corrected chi connectivity index (χ4v) is 4.26. The van der Waals surface area contributed by atoms with Crippen LogP contribution in [0.15, 0.2) is 18.2 Å². The van der Waals surface area contributed by atoms with Crippen molar-refractivity contribution in [3.8, 4) is 5.75 Å². The Kier molecular flexibility index (Phi) is 5.47. The molecule has 0 saturated heterocycles. The molecule has 0 unspecified atom stereocenters. The molecule has 118 valence electrons. The van der Waals surface area contributed by atoms with Crippen molar-refractivity contribution >= 4 is 15.7 Å². The number of hydrogen-bond donors (Lipinski definition) is 2. The predicted molar refractivity (Wildman–Crippen MR) is 82.9 cm³/mol. The molecule has 0 atom stereocenters. The number of rotatable bonds is 6. The fourth-order valence-electron chi connectivity index (χ4n) is 2.69. The number of hydrogen-bond acceptors (Lipinski definition) is 4. The molecule has 1 aliphatic rings. The highest BCUT2D eigenvalue weighted by Crippen LogP contribution is 2.27. The lowest BCUT2D eigenvalue weighted by molar-refractivity contribution is 0.267. The van der Waals surface area contributed by atoms with E-state index in [0.29, 0.717) is 23.6 Å². The second-order valence-corrected chi connectivity index (χ2v) is 7.28. The molecule has 0 heterocycles. The first-order valence-electron chi connectivity index (χ1n) is 7.45. The van der Waals surface area contributed by atoms with E-state index in [1.807, 2.05) is 6.92 Å². The summed E-state index contributed by atoms with van der Waals surface area (Å²) < 4.78 is 32.8. The first kappa shape index (κ1) is 16.1. The van der Waals surface area contributed by atoms with Crippen molar-refractivity contribution in [1.29, 1.82) is 0 Å². The Balaban J connectivity index is 2.14. The van der Waals surface area contributed by atoms with Gasteiger partial charge in [-0.1, -0.05) is 19.3 Å². The van der Waals surface area contributed by atoms with Crippen LogP contribution in [0.1, 0.15) is 44.6 Å². The van der Waals surface area contributed by atoms with Crippen LogP contribution in [0.4, 0.5) is 5.69 Å². The van der Waals surface area contributed by atoms with Gasteiger partial charge in [0.1, 0.15) is 5.75 Å². The number of nitrogens with one attached hydrogen (secondary N) is 1. The summed E-state index contributed by atoms with van der Waals surface area (Å²) in [4.78, 5) is 0. The minimum Gasteiger partial charge on any atom is -0.494 e. The number of aliphatic hydroxyl groups is 1. The summed E-state index contributed by atoms with van der Waals surface area (Å²) in [5, 5.41) is 9.05. The van der Waals surface area contributed by atoms with Crippen molar-refractivity contribution in [3.63, 3.8) is 0 Å². The van der Waals surface area contributed by atoms with Crippen molar-refractivity contribution in [2.45, 2.75) is 50.9 Å². The van der Waals surface area contributed by atoms with Crippen LogP contribution >= 0.6 is 0 Å². The minimum atomic E-state index is -3.36. The molecule has 0 aliphatic heterocycles. The van der Waals surface area contributed by atoms with Gasteiger partial charge in [-0.3, -0.25) is 4.72 Å². The van der Waals surface area contributed by atoms with Crippen LogP contribution in [-0.2, 0) is 16.6 Å². The van der Waals surface area contributed by atoms with Gasteiger partial charge in [-0.15, -0.1) is 0 Å². The number of aliphatic hydroxyl groups excluding tert-OH is 1. The van der Waals surface area contributed by atoms with Gasteiger partial charge >= 0.3 is 0 Å². The van der Waals surface area contributed by atoms with E-state index in [9.17, 15) is 13.5 Å². The SMILES string of the molecule is CCOc1ccc(NS(=O)(=O)C2CCCCC2)cc1CO. The van der Waals surface area contributed by atoms with Crippen molar-refractivity contribution in [2.24, 2.45) is 0 Å². The summed E-state index contributed by atoms with van der Waals surface area (Å²) in [6.07, 6.45) is 4.50. The van der Waals surface area contributed by atoms with Crippen LogP contribution in [0.3, 0.4) is 0 Å². The van der Waals surface area contributed by atoms with E-state index in [0.717, 1.165) is 32.1 Å². The van der Waals surface area contributed by atoms with E-state index in [-0.39, 0.29) is 11.9 Å². The summed E-state index contributed by atoms with van der Waals surface area (Å²) >= 11 is 0. The summed E-state index contributed by atoms with van der Waals surface area (Å²) in [5.41, 5.74) is 1.06. The van der Waals surface area contributed by atoms with Crippen molar-refractivity contribution in [1.82, 2.24) is 0 Å². The quantitative estimate of drug-likeness (QED) is 0.846. The molecular formula is C15H23NO4S. The van der Waals surface area contributed by atoms with Crippen LogP contribution in [-0.4, -0.2) is 25.4 Å². The lowest BCUT2D eigenvalue weighted by atomic mass is 10.0. The molecule has 2 rings (SSSR count). The average Bonchev–Trinajstić information content (AvgIpc) is 2.49. The van der Waals surface area contributed by atoms with Gasteiger partial charge in [0.2, 0.25) is 10.0 Å². The topological polar surface area (TPSA) is 75.6 Å². The van der Waals surface area contributed by atoms with E-state index < -0.39 is 10.0 Å². The molecule has 2 N–H and O–H groups in total. The zero-order valence-electron chi connectivity index (χ0n) is 12.3. The van der Waals surface area contributed by atoms with E-state index >= 15 is 0 Å². The van der Waals surface area contributed by atoms with Gasteiger partial charge in [0.05, 0.1) is 18.5 Å². The minimum absolute atomic E-state index is 0.186. The molecule has 0 amide bonds. The summed E-state index contributed by atoms with van der Waals surface area (Å²) in [6.45, 7) is 2.18. The third kappa shape index (κ3) is 4.11. The third-order valence-electron chi connectivity index (χ3n) is 3.78. The smallest absolute Gasteiger partial charge is 0.235 e. The maximum Gasteiger partial charge on any atom is 0.235 e. The van der Waals surface area contributed by atoms with Gasteiger partial charge in [0.15, 0.2) is 0 Å². The fraction of sp³-hybridized carbons (Fsp3) is 0.600. The van der Waals surface area contributed by atoms with E-state index in [1.165, 1.54) is 0 Å². The van der Waals surface area contributed by atoms with Crippen LogP contribution in [0.25, 0.3) is 0 Å². The molecule has 5 nitrogen and oxygen atoms in total. The van der Waals surface area contributed by atoms with Gasteiger partial charge in [-0.05, 0) is 38.0 Å². The second-order valence-electron chi connectivity index (χ2n) is 5.32. The monoisotopic (exact) mass is 313 g/mol. The lowest BCUT2D eigenvalue weighted by Crippen LogP contribution is -2.29. The van der Waals surface area contributed by atoms with Crippen molar-refractivity contribution < 1.29 is 18.3 Å². The van der Waals surface area contributed by atoms with Gasteiger partial charge in [-0.2, -0.15) is 0 Å². The number of ether oxygens (including phenoxy) is 1. The first-order chi connectivity index (χ1) is 10.1. The first-order valence-corrected chi connectivity index (χ1v) is 8.99. The average molecular weight is 313 g/mol. The van der Waals surface area contributed by atoms with Crippen LogP contribution in [0, 0.1) is 0 Å². The molecule has 1 aliphatic carbocycles. The van der Waals surface area contributed by atoms with Gasteiger partial charge in [0, 0.05) is 11.3 Å². The molecule has 6 heteroatoms. The highest BCUT2D eigenvalue weighted by Gasteiger charge is 2.27. The largest absolute Gasteiger partial charge is 0.494 e. The second kappa shape index (κ2) is 7.13. The molecule has 0 bridgehead atoms. The van der Waals surface area contributed by atoms with Gasteiger partial charge in [0.25, 0.3) is 0 Å². The Hall–Kier alpha value is -1.27. The van der Waals surface area contributed by atoms with Crippen molar-refractivity contribution in [2.75, 3.05) is 11.3 Å². The molecule has 21 heavy (non-hydrogen) atoms. The van der Waals surface area contributed by atoms with E-state index in [1.54, 1.807) is 18.2 Å². The molecule has 1 fully saturated rings. The number of anilines is 1. The maximum atomic E-state index is 12.4. The zero-order valence-corrected chi connectivity index (χ0v) is 13.2. The Morgan fingerprint density at radius 1 is 1.29 bits per heavy atom. The summed E-state index contributed by atoms with van der Waals surface area (Å²) in [7, 11) is -3.36. The highest BCUT2D eigenvalue weighted by atomic mass is 32.2. The Labute approximate surface area is 126 Å². The standard InChI is InChI=1S/C15H23NO4S/c1-2-20-15-9-8-13(10-12(15)11-17)16-21(18,19)14-6-4-3-5-7-14/h8-10,14,16-17H,2-7,11H2,1H3. The Morgan fingerprint density at radius 2 is 2.00 bits per heavy atom. The molecule has 0 aromatic heterocycles. The molecule has 1 aromatic carbocycles. The van der Waals surface area contributed by atoms with Gasteiger partial charge in [-0.25, -0.2) is 8.42 Å². The van der Waals surface area contributed by atoms with Crippen LogP contribution in [0.5, 0.6) is 5.75 Å². The third-order valence-corrected chi connectivity index (χ3v) is 5.65. The Morgan fingerprint density at radius 3 is 2.62 bits per heavy atom. The lowest BCUT2D eigenvalue weighted by Gasteiger charge is -2.22. The molecule has 0 radical (unpaired) electrons. The molecule has 1 saturated carbocycles. The summed E-state index contributed by atoms with van der Waals surface area (Å²) in [6, 6.07) is 4.99. The number of benzene rings is 1. The maximum absolute atomic E-state index is 12.4. The van der Waals surface area contributed by atoms with E-state index in [2.05, 4.69) is 4.72 Å².